The van der Waals surface area contributed by atoms with Crippen molar-refractivity contribution in [3.05, 3.63) is 82.5 Å². The van der Waals surface area contributed by atoms with E-state index in [0.717, 1.165) is 5.56 Å². The predicted octanol–water partition coefficient (Wildman–Crippen LogP) is 4.57. The Hall–Kier alpha value is -4.92. The molecule has 5 aromatic rings. The van der Waals surface area contributed by atoms with E-state index in [4.69, 9.17) is 18.6 Å². The lowest BCUT2D eigenvalue weighted by Crippen LogP contribution is -2.22. The van der Waals surface area contributed by atoms with Gasteiger partial charge in [0.1, 0.15) is 28.7 Å². The summed E-state index contributed by atoms with van der Waals surface area (Å²) in [5.41, 5.74) is 3.15. The van der Waals surface area contributed by atoms with Crippen LogP contribution in [0.2, 0.25) is 0 Å². The highest BCUT2D eigenvalue weighted by molar-refractivity contribution is 5.94. The highest BCUT2D eigenvalue weighted by Crippen LogP contribution is 2.46. The molecule has 0 fully saturated rings. The molecule has 184 valence electrons. The van der Waals surface area contributed by atoms with Crippen LogP contribution in [0.3, 0.4) is 0 Å². The monoisotopic (exact) mass is 496 g/mol. The molecule has 1 atom stereocenters. The van der Waals surface area contributed by atoms with Crippen LogP contribution in [0.5, 0.6) is 23.0 Å². The van der Waals surface area contributed by atoms with Crippen LogP contribution in [0.25, 0.3) is 33.1 Å². The average molecular weight is 496 g/mol. The molecule has 0 saturated carbocycles. The molecular formula is C28H20N2O7. The lowest BCUT2D eigenvalue weighted by molar-refractivity contribution is -0.135. The van der Waals surface area contributed by atoms with Gasteiger partial charge >= 0.3 is 5.97 Å². The van der Waals surface area contributed by atoms with Crippen LogP contribution < -0.4 is 19.6 Å². The number of ether oxygens (including phenoxy) is 3. The summed E-state index contributed by atoms with van der Waals surface area (Å²) in [6.45, 7) is 0. The largest absolute Gasteiger partial charge is 0.507 e. The maximum Gasteiger partial charge on any atom is 0.312 e. The Bertz CT molecular complexity index is 1780. The summed E-state index contributed by atoms with van der Waals surface area (Å²) in [6, 6.07) is 11.9. The molecule has 3 heterocycles. The van der Waals surface area contributed by atoms with Crippen molar-refractivity contribution in [2.45, 2.75) is 12.3 Å². The van der Waals surface area contributed by atoms with Gasteiger partial charge in [-0.15, -0.1) is 0 Å². The first kappa shape index (κ1) is 22.5. The van der Waals surface area contributed by atoms with E-state index in [1.54, 1.807) is 30.6 Å². The number of hydrogen-bond acceptors (Lipinski definition) is 9. The number of nitrogens with zero attached hydrogens (tertiary/aromatic N) is 2. The Morgan fingerprint density at radius 3 is 2.51 bits per heavy atom. The number of aromatic nitrogens is 2. The molecule has 0 unspecified atom stereocenters. The number of hydrogen-bond donors (Lipinski definition) is 1. The molecule has 3 aromatic carbocycles. The van der Waals surface area contributed by atoms with Gasteiger partial charge in [0.15, 0.2) is 11.5 Å². The second-order valence-corrected chi connectivity index (χ2v) is 8.60. The zero-order valence-corrected chi connectivity index (χ0v) is 19.8. The number of carbonyl (C=O) groups is 1. The fourth-order valence-electron chi connectivity index (χ4n) is 4.82. The Balaban J connectivity index is 1.57. The molecule has 9 heteroatoms. The topological polar surface area (TPSA) is 121 Å². The highest BCUT2D eigenvalue weighted by atomic mass is 16.5. The number of benzene rings is 3. The van der Waals surface area contributed by atoms with E-state index in [9.17, 15) is 14.7 Å². The van der Waals surface area contributed by atoms with E-state index in [2.05, 4.69) is 9.97 Å². The van der Waals surface area contributed by atoms with Gasteiger partial charge in [-0.2, -0.15) is 0 Å². The number of phenolic OH excluding ortho intramolecular Hbond substituents is 1. The minimum Gasteiger partial charge on any atom is -0.507 e. The van der Waals surface area contributed by atoms with Gasteiger partial charge in [0, 0.05) is 29.9 Å². The van der Waals surface area contributed by atoms with Crippen LogP contribution in [0.15, 0.2) is 70.3 Å². The molecule has 0 amide bonds. The van der Waals surface area contributed by atoms with Crippen LogP contribution in [0, 0.1) is 0 Å². The third-order valence-corrected chi connectivity index (χ3v) is 6.56. The first-order chi connectivity index (χ1) is 18.0. The quantitative estimate of drug-likeness (QED) is 0.282. The minimum absolute atomic E-state index is 0.00503. The van der Waals surface area contributed by atoms with Crippen molar-refractivity contribution in [3.63, 3.8) is 0 Å². The van der Waals surface area contributed by atoms with Crippen molar-refractivity contribution in [3.8, 4) is 34.1 Å². The van der Waals surface area contributed by atoms with E-state index in [-0.39, 0.29) is 34.5 Å². The molecule has 2 aromatic heterocycles. The Morgan fingerprint density at radius 1 is 0.946 bits per heavy atom. The van der Waals surface area contributed by atoms with Gasteiger partial charge in [-0.1, -0.05) is 12.1 Å². The third kappa shape index (κ3) is 3.63. The summed E-state index contributed by atoms with van der Waals surface area (Å²) >= 11 is 0. The lowest BCUT2D eigenvalue weighted by atomic mass is 9.84. The van der Waals surface area contributed by atoms with Crippen LogP contribution >= 0.6 is 0 Å². The van der Waals surface area contributed by atoms with Crippen molar-refractivity contribution in [1.29, 1.82) is 0 Å². The first-order valence-electron chi connectivity index (χ1n) is 11.4. The summed E-state index contributed by atoms with van der Waals surface area (Å²) in [5.74, 6) is -0.186. The summed E-state index contributed by atoms with van der Waals surface area (Å²) in [6.07, 6.45) is 4.57. The Labute approximate surface area is 209 Å². The second kappa shape index (κ2) is 8.63. The lowest BCUT2D eigenvalue weighted by Gasteiger charge is -2.26. The number of carbonyl (C=O) groups excluding carboxylic acids is 1. The van der Waals surface area contributed by atoms with Crippen LogP contribution in [0.1, 0.15) is 23.5 Å². The Kier molecular flexibility index (Phi) is 5.26. The molecule has 9 nitrogen and oxygen atoms in total. The second-order valence-electron chi connectivity index (χ2n) is 8.60. The van der Waals surface area contributed by atoms with Gasteiger partial charge in [-0.25, -0.2) is 0 Å². The zero-order chi connectivity index (χ0) is 25.7. The summed E-state index contributed by atoms with van der Waals surface area (Å²) in [4.78, 5) is 34.8. The van der Waals surface area contributed by atoms with Gasteiger partial charge in [0.25, 0.3) is 0 Å². The van der Waals surface area contributed by atoms with Gasteiger partial charge < -0.3 is 23.7 Å². The molecule has 37 heavy (non-hydrogen) atoms. The SMILES string of the molecule is COc1ccc(-c2coc3c4c(cc(O)c3c2=O)OC(=O)C[C@@H]4c2ccc3nccnc3c2)cc1OC. The molecule has 1 aliphatic heterocycles. The number of fused-ring (bicyclic) bond motifs is 4. The first-order valence-corrected chi connectivity index (χ1v) is 11.4. The van der Waals surface area contributed by atoms with E-state index < -0.39 is 17.3 Å². The minimum atomic E-state index is -0.485. The highest BCUT2D eigenvalue weighted by Gasteiger charge is 2.34. The molecule has 6 rings (SSSR count). The number of rotatable bonds is 4. The number of methoxy groups -OCH3 is 2. The van der Waals surface area contributed by atoms with Crippen molar-refractivity contribution in [2.75, 3.05) is 14.2 Å². The Morgan fingerprint density at radius 2 is 1.73 bits per heavy atom. The molecule has 1 N–H and O–H groups in total. The van der Waals surface area contributed by atoms with Crippen LogP contribution in [0.4, 0.5) is 0 Å². The van der Waals surface area contributed by atoms with Gasteiger partial charge in [0.05, 0.1) is 37.2 Å². The standard InChI is InChI=1S/C28H20N2O7/c1-34-21-6-4-15(10-22(21)35-2)17-13-36-28-25-16(14-3-5-18-19(9-14)30-8-7-29-18)11-24(32)37-23(25)12-20(31)26(28)27(17)33/h3-10,12-13,16,31H,11H2,1-2H3/t16-/m1/s1. The molecule has 0 spiro atoms. The molecular weight excluding hydrogens is 476 g/mol. The number of phenols is 1. The van der Waals surface area contributed by atoms with Crippen molar-refractivity contribution in [1.82, 2.24) is 9.97 Å². The molecule has 1 aliphatic rings. The zero-order valence-electron chi connectivity index (χ0n) is 19.8. The summed E-state index contributed by atoms with van der Waals surface area (Å²) in [7, 11) is 3.02. The van der Waals surface area contributed by atoms with E-state index in [1.165, 1.54) is 26.5 Å². The maximum absolute atomic E-state index is 13.7. The van der Waals surface area contributed by atoms with Gasteiger partial charge in [-0.05, 0) is 35.4 Å². The van der Waals surface area contributed by atoms with E-state index in [1.807, 2.05) is 18.2 Å². The van der Waals surface area contributed by atoms with Crippen molar-refractivity contribution < 1.29 is 28.5 Å². The van der Waals surface area contributed by atoms with Crippen molar-refractivity contribution in [2.24, 2.45) is 0 Å². The molecule has 0 radical (unpaired) electrons. The number of aromatic hydroxyl groups is 1. The molecule has 0 bridgehead atoms. The van der Waals surface area contributed by atoms with E-state index in [0.29, 0.717) is 33.7 Å². The fourth-order valence-corrected chi connectivity index (χ4v) is 4.82. The summed E-state index contributed by atoms with van der Waals surface area (Å²) in [5, 5.41) is 10.8. The third-order valence-electron chi connectivity index (χ3n) is 6.56. The summed E-state index contributed by atoms with van der Waals surface area (Å²) < 4.78 is 22.1. The molecule has 0 saturated heterocycles. The van der Waals surface area contributed by atoms with Crippen LogP contribution in [-0.2, 0) is 4.79 Å². The van der Waals surface area contributed by atoms with Gasteiger partial charge in [0.2, 0.25) is 5.43 Å². The normalized spacial score (nSPS) is 14.9. The van der Waals surface area contributed by atoms with Gasteiger partial charge in [-0.3, -0.25) is 19.6 Å². The van der Waals surface area contributed by atoms with Crippen molar-refractivity contribution >= 4 is 28.0 Å². The fraction of sp³-hybridized carbons (Fsp3) is 0.143. The number of esters is 1. The van der Waals surface area contributed by atoms with Crippen LogP contribution in [-0.4, -0.2) is 35.3 Å². The predicted molar refractivity (Wildman–Crippen MR) is 134 cm³/mol. The smallest absolute Gasteiger partial charge is 0.312 e. The average Bonchev–Trinajstić information content (AvgIpc) is 2.91. The molecule has 0 aliphatic carbocycles. The maximum atomic E-state index is 13.7. The van der Waals surface area contributed by atoms with E-state index >= 15 is 0 Å².